The Morgan fingerprint density at radius 3 is 2.57 bits per heavy atom. The Labute approximate surface area is 124 Å². The minimum atomic E-state index is -3.71. The summed E-state index contributed by atoms with van der Waals surface area (Å²) in [5.41, 5.74) is 2.76. The third-order valence-corrected chi connectivity index (χ3v) is 5.10. The van der Waals surface area contributed by atoms with Gasteiger partial charge in [0.25, 0.3) is 10.0 Å². The highest BCUT2D eigenvalue weighted by Gasteiger charge is 2.20. The van der Waals surface area contributed by atoms with Crippen LogP contribution in [0.5, 0.6) is 0 Å². The third kappa shape index (κ3) is 2.76. The Morgan fingerprint density at radius 2 is 1.90 bits per heavy atom. The van der Waals surface area contributed by atoms with Gasteiger partial charge in [0.15, 0.2) is 0 Å². The molecule has 0 amide bonds. The third-order valence-electron chi connectivity index (χ3n) is 3.63. The average Bonchev–Trinajstić information content (AvgIpc) is 2.99. The second kappa shape index (κ2) is 5.44. The zero-order valence-corrected chi connectivity index (χ0v) is 12.7. The molecule has 1 aromatic carbocycles. The predicted molar refractivity (Wildman–Crippen MR) is 80.2 cm³/mol. The summed E-state index contributed by atoms with van der Waals surface area (Å²) < 4.78 is 25.7. The van der Waals surface area contributed by atoms with Gasteiger partial charge in [0.05, 0.1) is 11.1 Å². The highest BCUT2D eigenvalue weighted by Crippen LogP contribution is 2.25. The van der Waals surface area contributed by atoms with Crippen LogP contribution in [0.1, 0.15) is 36.9 Å². The predicted octanol–water partition coefficient (Wildman–Crippen LogP) is 2.78. The number of aromatic nitrogens is 3. The van der Waals surface area contributed by atoms with E-state index in [0.717, 1.165) is 34.6 Å². The Morgan fingerprint density at radius 1 is 1.14 bits per heavy atom. The molecule has 0 N–H and O–H groups in total. The number of allylic oxidation sites excluding steroid dienone is 2. The maximum absolute atomic E-state index is 12.5. The van der Waals surface area contributed by atoms with Gasteiger partial charge in [-0.3, -0.25) is 0 Å². The molecule has 2 aromatic rings. The van der Waals surface area contributed by atoms with Gasteiger partial charge in [-0.05, 0) is 50.3 Å². The first-order valence-electron chi connectivity index (χ1n) is 7.01. The molecule has 3 rings (SSSR count). The highest BCUT2D eigenvalue weighted by molar-refractivity contribution is 7.89. The Balaban J connectivity index is 1.95. The van der Waals surface area contributed by atoms with Crippen LogP contribution in [0, 0.1) is 6.92 Å². The minimum Gasteiger partial charge on any atom is -0.198 e. The molecule has 0 spiro atoms. The van der Waals surface area contributed by atoms with Gasteiger partial charge in [0.2, 0.25) is 0 Å². The van der Waals surface area contributed by atoms with E-state index in [1.165, 1.54) is 12.6 Å². The fourth-order valence-electron chi connectivity index (χ4n) is 2.39. The molecule has 0 atom stereocenters. The molecule has 0 bridgehead atoms. The van der Waals surface area contributed by atoms with Crippen LogP contribution < -0.4 is 0 Å². The Hall–Kier alpha value is -1.95. The summed E-state index contributed by atoms with van der Waals surface area (Å²) in [6.45, 7) is 1.91. The fraction of sp³-hybridized carbons (Fsp3) is 0.333. The van der Waals surface area contributed by atoms with Crippen LogP contribution in [-0.4, -0.2) is 22.8 Å². The average molecular weight is 303 g/mol. The summed E-state index contributed by atoms with van der Waals surface area (Å²) in [7, 11) is -3.71. The number of nitrogens with zero attached hydrogens (tertiary/aromatic N) is 3. The summed E-state index contributed by atoms with van der Waals surface area (Å²) in [5.74, 6) is 0. The molecule has 0 fully saturated rings. The van der Waals surface area contributed by atoms with Gasteiger partial charge in [-0.25, -0.2) is 0 Å². The highest BCUT2D eigenvalue weighted by atomic mass is 32.2. The van der Waals surface area contributed by atoms with E-state index in [1.807, 2.05) is 6.92 Å². The van der Waals surface area contributed by atoms with Crippen LogP contribution in [-0.2, 0) is 10.0 Å². The smallest absolute Gasteiger partial charge is 0.198 e. The van der Waals surface area contributed by atoms with Gasteiger partial charge in [-0.2, -0.15) is 8.42 Å². The summed E-state index contributed by atoms with van der Waals surface area (Å²) >= 11 is 0. The normalized spacial score (nSPS) is 15.8. The van der Waals surface area contributed by atoms with Crippen molar-refractivity contribution in [2.24, 2.45) is 0 Å². The van der Waals surface area contributed by atoms with Crippen LogP contribution in [0.15, 0.2) is 41.4 Å². The van der Waals surface area contributed by atoms with Gasteiger partial charge >= 0.3 is 0 Å². The van der Waals surface area contributed by atoms with Crippen molar-refractivity contribution < 1.29 is 8.42 Å². The lowest BCUT2D eigenvalue weighted by atomic mass is 9.98. The molecule has 21 heavy (non-hydrogen) atoms. The van der Waals surface area contributed by atoms with Crippen molar-refractivity contribution in [1.82, 2.24) is 14.4 Å². The molecule has 6 heteroatoms. The van der Waals surface area contributed by atoms with Crippen LogP contribution in [0.2, 0.25) is 0 Å². The van der Waals surface area contributed by atoms with Gasteiger partial charge < -0.3 is 0 Å². The molecule has 5 nitrogen and oxygen atoms in total. The molecule has 0 unspecified atom stereocenters. The monoisotopic (exact) mass is 303 g/mol. The van der Waals surface area contributed by atoms with E-state index >= 15 is 0 Å². The Bertz CT molecular complexity index is 774. The number of aryl methyl sites for hydroxylation is 1. The van der Waals surface area contributed by atoms with E-state index in [2.05, 4.69) is 16.3 Å². The van der Waals surface area contributed by atoms with Crippen LogP contribution in [0.25, 0.3) is 5.57 Å². The van der Waals surface area contributed by atoms with Gasteiger partial charge in [-0.15, -0.1) is 10.2 Å². The summed E-state index contributed by atoms with van der Waals surface area (Å²) in [6, 6.07) is 6.68. The molecule has 0 radical (unpaired) electrons. The first-order chi connectivity index (χ1) is 10.1. The maximum atomic E-state index is 12.5. The number of hydrogen-bond acceptors (Lipinski definition) is 4. The lowest BCUT2D eigenvalue weighted by Gasteiger charge is -2.09. The van der Waals surface area contributed by atoms with Crippen molar-refractivity contribution in [2.45, 2.75) is 37.5 Å². The molecule has 1 aliphatic carbocycles. The molecular formula is C15H17N3O2S. The van der Waals surface area contributed by atoms with Gasteiger partial charge in [0, 0.05) is 0 Å². The van der Waals surface area contributed by atoms with Crippen LogP contribution in [0.4, 0.5) is 0 Å². The minimum absolute atomic E-state index is 0.202. The van der Waals surface area contributed by atoms with Crippen molar-refractivity contribution in [1.29, 1.82) is 0 Å². The summed E-state index contributed by atoms with van der Waals surface area (Å²) in [6.07, 6.45) is 7.90. The Kier molecular flexibility index (Phi) is 3.63. The van der Waals surface area contributed by atoms with E-state index in [0.29, 0.717) is 5.69 Å². The van der Waals surface area contributed by atoms with Gasteiger partial charge in [-0.1, -0.05) is 28.0 Å². The molecule has 110 valence electrons. The topological polar surface area (TPSA) is 64.8 Å². The quantitative estimate of drug-likeness (QED) is 0.874. The second-order valence-corrected chi connectivity index (χ2v) is 6.99. The first kappa shape index (κ1) is 14.0. The molecule has 1 aliphatic rings. The molecule has 1 heterocycles. The van der Waals surface area contributed by atoms with Crippen LogP contribution in [0.3, 0.4) is 0 Å². The van der Waals surface area contributed by atoms with Gasteiger partial charge in [0.1, 0.15) is 5.69 Å². The number of benzene rings is 1. The van der Waals surface area contributed by atoms with E-state index < -0.39 is 10.0 Å². The van der Waals surface area contributed by atoms with Crippen molar-refractivity contribution in [3.05, 3.63) is 47.8 Å². The second-order valence-electron chi connectivity index (χ2n) is 5.25. The van der Waals surface area contributed by atoms with E-state index in [4.69, 9.17) is 0 Å². The van der Waals surface area contributed by atoms with Crippen molar-refractivity contribution in [3.63, 3.8) is 0 Å². The van der Waals surface area contributed by atoms with E-state index in [9.17, 15) is 8.42 Å². The largest absolute Gasteiger partial charge is 0.299 e. The SMILES string of the molecule is Cc1ccc(S(=O)(=O)n2ncc(C3=CCCCC3)n2)cc1. The fourth-order valence-corrected chi connectivity index (χ4v) is 3.42. The first-order valence-corrected chi connectivity index (χ1v) is 8.45. The van der Waals surface area contributed by atoms with Crippen LogP contribution >= 0.6 is 0 Å². The molecular weight excluding hydrogens is 286 g/mol. The molecule has 0 saturated heterocycles. The molecule has 0 saturated carbocycles. The van der Waals surface area contributed by atoms with Crippen molar-refractivity contribution >= 4 is 15.6 Å². The lowest BCUT2D eigenvalue weighted by Crippen LogP contribution is -2.16. The number of rotatable bonds is 3. The van der Waals surface area contributed by atoms with E-state index in [1.54, 1.807) is 24.3 Å². The summed E-state index contributed by atoms with van der Waals surface area (Å²) in [4.78, 5) is 0.202. The number of hydrogen-bond donors (Lipinski definition) is 0. The van der Waals surface area contributed by atoms with Crippen molar-refractivity contribution in [3.8, 4) is 0 Å². The standard InChI is InChI=1S/C15H17N3O2S/c1-12-7-9-14(10-8-12)21(19,20)18-16-11-15(17-18)13-5-3-2-4-6-13/h5,7-11H,2-4,6H2,1H3. The molecule has 1 aromatic heterocycles. The summed E-state index contributed by atoms with van der Waals surface area (Å²) in [5, 5.41) is 8.09. The zero-order valence-electron chi connectivity index (χ0n) is 11.9. The van der Waals surface area contributed by atoms with E-state index in [-0.39, 0.29) is 4.90 Å². The maximum Gasteiger partial charge on any atom is 0.299 e. The van der Waals surface area contributed by atoms with Crippen molar-refractivity contribution in [2.75, 3.05) is 0 Å². The zero-order chi connectivity index (χ0) is 14.9. The lowest BCUT2D eigenvalue weighted by molar-refractivity contribution is 0.568. The molecule has 0 aliphatic heterocycles.